The normalized spacial score (nSPS) is 12.2. The Hall–Kier alpha value is -1.96. The van der Waals surface area contributed by atoms with Crippen molar-refractivity contribution in [2.75, 3.05) is 14.2 Å². The average molecular weight is 314 g/mol. The van der Waals surface area contributed by atoms with Gasteiger partial charge in [0.05, 0.1) is 14.2 Å². The molecule has 0 amide bonds. The molecule has 1 aromatic carbocycles. The summed E-state index contributed by atoms with van der Waals surface area (Å²) in [6, 6.07) is 6.06. The summed E-state index contributed by atoms with van der Waals surface area (Å²) < 4.78 is 10.6. The third-order valence-electron chi connectivity index (χ3n) is 3.88. The van der Waals surface area contributed by atoms with Crippen LogP contribution < -0.4 is 9.47 Å². The van der Waals surface area contributed by atoms with Crippen molar-refractivity contribution in [1.29, 1.82) is 0 Å². The second kappa shape index (κ2) is 10.7. The van der Waals surface area contributed by atoms with Crippen molar-refractivity contribution in [2.24, 2.45) is 0 Å². The van der Waals surface area contributed by atoms with Crippen molar-refractivity contribution in [3.63, 3.8) is 0 Å². The molecule has 126 valence electrons. The van der Waals surface area contributed by atoms with Gasteiger partial charge in [-0.3, -0.25) is 0 Å². The van der Waals surface area contributed by atoms with Crippen molar-refractivity contribution in [2.45, 2.75) is 46.0 Å². The van der Waals surface area contributed by atoms with E-state index in [9.17, 15) is 0 Å². The zero-order valence-corrected chi connectivity index (χ0v) is 15.0. The molecule has 0 radical (unpaired) electrons. The third kappa shape index (κ3) is 7.73. The lowest BCUT2D eigenvalue weighted by Gasteiger charge is -2.08. The minimum atomic E-state index is 0.851. The fraction of sp³-hybridized carbons (Fsp3) is 0.429. The molecule has 0 aromatic heterocycles. The van der Waals surface area contributed by atoms with Crippen LogP contribution in [0.3, 0.4) is 0 Å². The van der Waals surface area contributed by atoms with Crippen molar-refractivity contribution in [3.8, 4) is 11.5 Å². The number of ether oxygens (including phenoxy) is 2. The smallest absolute Gasteiger partial charge is 0.122 e. The van der Waals surface area contributed by atoms with Gasteiger partial charge in [-0.15, -0.1) is 0 Å². The first kappa shape index (κ1) is 19.1. The SMILES string of the molecule is C=C/C=C(\C)CCC/C(C)=C/CCc1cc(OC)cc(OC)c1. The van der Waals surface area contributed by atoms with Crippen LogP contribution in [0.2, 0.25) is 0 Å². The van der Waals surface area contributed by atoms with Crippen LogP contribution in [0.1, 0.15) is 45.1 Å². The number of hydrogen-bond acceptors (Lipinski definition) is 2. The van der Waals surface area contributed by atoms with Crippen LogP contribution in [0.15, 0.2) is 54.2 Å². The lowest BCUT2D eigenvalue weighted by atomic mass is 10.0. The maximum absolute atomic E-state index is 5.31. The van der Waals surface area contributed by atoms with Crippen molar-refractivity contribution in [3.05, 3.63) is 59.7 Å². The van der Waals surface area contributed by atoms with Crippen LogP contribution in [0.25, 0.3) is 0 Å². The predicted octanol–water partition coefficient (Wildman–Crippen LogP) is 5.89. The number of aryl methyl sites for hydroxylation is 1. The molecule has 0 saturated carbocycles. The van der Waals surface area contributed by atoms with E-state index in [2.05, 4.69) is 44.7 Å². The molecule has 0 heterocycles. The van der Waals surface area contributed by atoms with Gasteiger partial charge in [0.15, 0.2) is 0 Å². The molecule has 2 heteroatoms. The first-order valence-electron chi connectivity index (χ1n) is 8.24. The van der Waals surface area contributed by atoms with Gasteiger partial charge in [-0.1, -0.05) is 36.0 Å². The second-order valence-corrected chi connectivity index (χ2v) is 5.91. The summed E-state index contributed by atoms with van der Waals surface area (Å²) in [6.45, 7) is 8.12. The molecule has 0 aliphatic carbocycles. The molecule has 2 nitrogen and oxygen atoms in total. The second-order valence-electron chi connectivity index (χ2n) is 5.91. The quantitative estimate of drug-likeness (QED) is 0.396. The summed E-state index contributed by atoms with van der Waals surface area (Å²) >= 11 is 0. The molecular weight excluding hydrogens is 284 g/mol. The van der Waals surface area contributed by atoms with Crippen LogP contribution in [0.5, 0.6) is 11.5 Å². The minimum absolute atomic E-state index is 0.851. The fourth-order valence-electron chi connectivity index (χ4n) is 2.53. The van der Waals surface area contributed by atoms with Crippen LogP contribution in [0.4, 0.5) is 0 Å². The monoisotopic (exact) mass is 314 g/mol. The molecule has 0 saturated heterocycles. The van der Waals surface area contributed by atoms with Gasteiger partial charge in [-0.05, 0) is 63.6 Å². The lowest BCUT2D eigenvalue weighted by Crippen LogP contribution is -1.91. The maximum Gasteiger partial charge on any atom is 0.122 e. The van der Waals surface area contributed by atoms with Gasteiger partial charge < -0.3 is 9.47 Å². The Morgan fingerprint density at radius 2 is 1.61 bits per heavy atom. The molecule has 0 bridgehead atoms. The van der Waals surface area contributed by atoms with E-state index < -0.39 is 0 Å². The van der Waals surface area contributed by atoms with E-state index in [-0.39, 0.29) is 0 Å². The van der Waals surface area contributed by atoms with Crippen LogP contribution >= 0.6 is 0 Å². The van der Waals surface area contributed by atoms with Crippen LogP contribution in [-0.2, 0) is 6.42 Å². The molecular formula is C21H30O2. The molecule has 0 N–H and O–H groups in total. The topological polar surface area (TPSA) is 18.5 Å². The summed E-state index contributed by atoms with van der Waals surface area (Å²) in [4.78, 5) is 0. The molecule has 0 unspecified atom stereocenters. The Morgan fingerprint density at radius 1 is 1.00 bits per heavy atom. The zero-order chi connectivity index (χ0) is 17.1. The highest BCUT2D eigenvalue weighted by Crippen LogP contribution is 2.23. The molecule has 0 spiro atoms. The van der Waals surface area contributed by atoms with E-state index in [0.29, 0.717) is 0 Å². The molecule has 1 aromatic rings. The Morgan fingerprint density at radius 3 is 2.17 bits per heavy atom. The highest BCUT2D eigenvalue weighted by atomic mass is 16.5. The molecule has 0 atom stereocenters. The average Bonchev–Trinajstić information content (AvgIpc) is 2.54. The summed E-state index contributed by atoms with van der Waals surface area (Å²) in [7, 11) is 3.37. The van der Waals surface area contributed by atoms with Gasteiger partial charge in [-0.2, -0.15) is 0 Å². The first-order valence-corrected chi connectivity index (χ1v) is 8.24. The Balaban J connectivity index is 2.45. The Kier molecular flexibility index (Phi) is 8.89. The van der Waals surface area contributed by atoms with Gasteiger partial charge >= 0.3 is 0 Å². The summed E-state index contributed by atoms with van der Waals surface area (Å²) in [5.74, 6) is 1.70. The zero-order valence-electron chi connectivity index (χ0n) is 15.0. The van der Waals surface area contributed by atoms with Gasteiger partial charge in [0, 0.05) is 6.07 Å². The van der Waals surface area contributed by atoms with E-state index in [0.717, 1.165) is 37.2 Å². The Bertz CT molecular complexity index is 531. The van der Waals surface area contributed by atoms with E-state index in [4.69, 9.17) is 9.47 Å². The third-order valence-corrected chi connectivity index (χ3v) is 3.88. The molecule has 0 fully saturated rings. The predicted molar refractivity (Wildman–Crippen MR) is 99.4 cm³/mol. The van der Waals surface area contributed by atoms with E-state index in [1.54, 1.807) is 14.2 Å². The van der Waals surface area contributed by atoms with Gasteiger partial charge in [-0.25, -0.2) is 0 Å². The standard InChI is InChI=1S/C21H30O2/c1-6-9-17(2)10-7-11-18(3)12-8-13-19-14-20(22-4)16-21(15-19)23-5/h6,9,12,14-16H,1,7-8,10-11,13H2,2-5H3/b17-9+,18-12+. The van der Waals surface area contributed by atoms with Gasteiger partial charge in [0.1, 0.15) is 11.5 Å². The lowest BCUT2D eigenvalue weighted by molar-refractivity contribution is 0.393. The van der Waals surface area contributed by atoms with Crippen molar-refractivity contribution >= 4 is 0 Å². The number of benzene rings is 1. The largest absolute Gasteiger partial charge is 0.497 e. The number of rotatable bonds is 10. The van der Waals surface area contributed by atoms with E-state index in [1.165, 1.54) is 23.1 Å². The highest BCUT2D eigenvalue weighted by molar-refractivity contribution is 5.38. The van der Waals surface area contributed by atoms with Gasteiger partial charge in [0.25, 0.3) is 0 Å². The van der Waals surface area contributed by atoms with E-state index >= 15 is 0 Å². The van der Waals surface area contributed by atoms with Crippen molar-refractivity contribution < 1.29 is 9.47 Å². The highest BCUT2D eigenvalue weighted by Gasteiger charge is 2.01. The first-order chi connectivity index (χ1) is 11.1. The number of hydrogen-bond donors (Lipinski definition) is 0. The van der Waals surface area contributed by atoms with Gasteiger partial charge in [0.2, 0.25) is 0 Å². The van der Waals surface area contributed by atoms with Crippen molar-refractivity contribution in [1.82, 2.24) is 0 Å². The fourth-order valence-corrected chi connectivity index (χ4v) is 2.53. The molecule has 0 aliphatic heterocycles. The summed E-state index contributed by atoms with van der Waals surface area (Å²) in [5.41, 5.74) is 4.11. The number of allylic oxidation sites excluding steroid dienone is 5. The summed E-state index contributed by atoms with van der Waals surface area (Å²) in [6.07, 6.45) is 11.8. The Labute approximate surface area is 141 Å². The molecule has 0 aliphatic rings. The molecule has 23 heavy (non-hydrogen) atoms. The van der Waals surface area contributed by atoms with Crippen LogP contribution in [0, 0.1) is 0 Å². The van der Waals surface area contributed by atoms with Crippen LogP contribution in [-0.4, -0.2) is 14.2 Å². The minimum Gasteiger partial charge on any atom is -0.497 e. The number of methoxy groups -OCH3 is 2. The maximum atomic E-state index is 5.31. The molecule has 1 rings (SSSR count). The van der Waals surface area contributed by atoms with E-state index in [1.807, 2.05) is 12.1 Å². The summed E-state index contributed by atoms with van der Waals surface area (Å²) in [5, 5.41) is 0.